The zero-order valence-electron chi connectivity index (χ0n) is 10.3. The number of carbonyl (C=O) groups excluding carboxylic acids is 1. The Labute approximate surface area is 122 Å². The van der Waals surface area contributed by atoms with Gasteiger partial charge in [-0.15, -0.1) is 23.3 Å². The SMILES string of the molecule is CC.COC=O.Cc1ncc(Br)cc1N.SS. The van der Waals surface area contributed by atoms with Gasteiger partial charge in [-0.05, 0) is 28.9 Å². The number of pyridine rings is 1. The number of hydrogen-bond donors (Lipinski definition) is 3. The van der Waals surface area contributed by atoms with Gasteiger partial charge in [0.15, 0.2) is 0 Å². The largest absolute Gasteiger partial charge is 0.471 e. The van der Waals surface area contributed by atoms with Crippen LogP contribution < -0.4 is 5.73 Å². The minimum absolute atomic E-state index is 0.375. The third-order valence-electron chi connectivity index (χ3n) is 1.19. The zero-order valence-corrected chi connectivity index (χ0v) is 13.7. The average molecular weight is 343 g/mol. The van der Waals surface area contributed by atoms with Crippen LogP contribution in [0, 0.1) is 6.92 Å². The molecule has 1 rings (SSSR count). The molecule has 0 amide bonds. The number of rotatable bonds is 1. The van der Waals surface area contributed by atoms with Gasteiger partial charge in [-0.2, -0.15) is 0 Å². The van der Waals surface area contributed by atoms with Gasteiger partial charge < -0.3 is 10.5 Å². The highest BCUT2D eigenvalue weighted by atomic mass is 79.9. The molecule has 7 heteroatoms. The fourth-order valence-corrected chi connectivity index (χ4v) is 0.872. The second-order valence-corrected chi connectivity index (χ2v) is 3.08. The summed E-state index contributed by atoms with van der Waals surface area (Å²) in [4.78, 5) is 13.0. The summed E-state index contributed by atoms with van der Waals surface area (Å²) in [5, 5.41) is 0. The molecule has 2 N–H and O–H groups in total. The van der Waals surface area contributed by atoms with Crippen LogP contribution in [0.3, 0.4) is 0 Å². The Balaban J connectivity index is -0.000000208. The Morgan fingerprint density at radius 1 is 1.47 bits per heavy atom. The van der Waals surface area contributed by atoms with Crippen LogP contribution in [0.2, 0.25) is 0 Å². The van der Waals surface area contributed by atoms with Gasteiger partial charge in [-0.1, -0.05) is 13.8 Å². The van der Waals surface area contributed by atoms with Gasteiger partial charge in [0.05, 0.1) is 18.5 Å². The van der Waals surface area contributed by atoms with Crippen LogP contribution in [-0.4, -0.2) is 18.6 Å². The second-order valence-electron chi connectivity index (χ2n) is 2.16. The number of anilines is 1. The number of aromatic nitrogens is 1. The van der Waals surface area contributed by atoms with Gasteiger partial charge in [0, 0.05) is 10.7 Å². The molecule has 0 aliphatic heterocycles. The summed E-state index contributed by atoms with van der Waals surface area (Å²) < 4.78 is 4.78. The number of ether oxygens (including phenoxy) is 1. The van der Waals surface area contributed by atoms with Crippen LogP contribution in [0.25, 0.3) is 0 Å². The number of hydrogen-bond acceptors (Lipinski definition) is 6. The number of aryl methyl sites for hydroxylation is 1. The van der Waals surface area contributed by atoms with Crippen LogP contribution in [-0.2, 0) is 9.53 Å². The average Bonchev–Trinajstić information content (AvgIpc) is 2.39. The Morgan fingerprint density at radius 2 is 1.88 bits per heavy atom. The second kappa shape index (κ2) is 18.0. The van der Waals surface area contributed by atoms with Crippen molar-refractivity contribution >= 4 is 51.4 Å². The lowest BCUT2D eigenvalue weighted by Crippen LogP contribution is -1.91. The first kappa shape index (κ1) is 21.8. The van der Waals surface area contributed by atoms with Gasteiger partial charge in [-0.25, -0.2) is 0 Å². The normalized spacial score (nSPS) is 7.00. The molecule has 0 saturated heterocycles. The van der Waals surface area contributed by atoms with E-state index in [0.29, 0.717) is 6.47 Å². The first-order chi connectivity index (χ1) is 8.11. The van der Waals surface area contributed by atoms with Gasteiger partial charge in [-0.3, -0.25) is 9.78 Å². The first-order valence-electron chi connectivity index (χ1n) is 4.66. The molecule has 0 aliphatic rings. The van der Waals surface area contributed by atoms with E-state index in [9.17, 15) is 0 Å². The van der Waals surface area contributed by atoms with Gasteiger partial charge in [0.1, 0.15) is 0 Å². The van der Waals surface area contributed by atoms with Crippen molar-refractivity contribution in [3.05, 3.63) is 22.4 Å². The van der Waals surface area contributed by atoms with Crippen LogP contribution in [0.4, 0.5) is 5.69 Å². The molecule has 17 heavy (non-hydrogen) atoms. The third kappa shape index (κ3) is 15.6. The lowest BCUT2D eigenvalue weighted by Gasteiger charge is -1.96. The van der Waals surface area contributed by atoms with Crippen molar-refractivity contribution < 1.29 is 9.53 Å². The van der Waals surface area contributed by atoms with Crippen molar-refractivity contribution in [1.82, 2.24) is 4.98 Å². The van der Waals surface area contributed by atoms with Crippen molar-refractivity contribution in [3.8, 4) is 0 Å². The molecule has 100 valence electrons. The number of methoxy groups -OCH3 is 1. The van der Waals surface area contributed by atoms with Crippen molar-refractivity contribution in [1.29, 1.82) is 0 Å². The number of halogens is 1. The fraction of sp³-hybridized carbons (Fsp3) is 0.400. The Bertz CT molecular complexity index is 289. The minimum Gasteiger partial charge on any atom is -0.471 e. The maximum absolute atomic E-state index is 8.95. The first-order valence-corrected chi connectivity index (χ1v) is 7.05. The molecule has 1 aromatic heterocycles. The predicted molar refractivity (Wildman–Crippen MR) is 83.5 cm³/mol. The molecule has 0 radical (unpaired) electrons. The van der Waals surface area contributed by atoms with Crippen molar-refractivity contribution in [3.63, 3.8) is 0 Å². The maximum atomic E-state index is 8.95. The summed E-state index contributed by atoms with van der Waals surface area (Å²) in [5.41, 5.74) is 7.13. The summed E-state index contributed by atoms with van der Waals surface area (Å²) >= 11 is 9.70. The Hall–Kier alpha value is -0.400. The van der Waals surface area contributed by atoms with E-state index in [1.807, 2.05) is 26.8 Å². The standard InChI is InChI=1S/C6H7BrN2.C2H4O2.C2H6.H2S2/c1-4-6(8)2-5(7)3-9-4;1-4-2-3;2*1-2/h2-3H,8H2,1H3;2H,1H3;1-2H3;1-2H. The Morgan fingerprint density at radius 3 is 2.12 bits per heavy atom. The van der Waals surface area contributed by atoms with Crippen LogP contribution in [0.15, 0.2) is 16.7 Å². The monoisotopic (exact) mass is 342 g/mol. The molecule has 0 aromatic carbocycles. The molecule has 1 aromatic rings. The molecule has 0 unspecified atom stereocenters. The van der Waals surface area contributed by atoms with E-state index in [2.05, 4.69) is 49.0 Å². The summed E-state index contributed by atoms with van der Waals surface area (Å²) in [6.07, 6.45) is 1.73. The molecule has 0 saturated carbocycles. The van der Waals surface area contributed by atoms with Crippen molar-refractivity contribution in [2.75, 3.05) is 12.8 Å². The van der Waals surface area contributed by atoms with E-state index in [4.69, 9.17) is 10.5 Å². The lowest BCUT2D eigenvalue weighted by molar-refractivity contribution is -0.126. The van der Waals surface area contributed by atoms with E-state index in [0.717, 1.165) is 15.9 Å². The number of nitrogens with zero attached hydrogens (tertiary/aromatic N) is 1. The van der Waals surface area contributed by atoms with E-state index in [-0.39, 0.29) is 0 Å². The maximum Gasteiger partial charge on any atom is 0.292 e. The number of carbonyl (C=O) groups is 1. The molecular weight excluding hydrogens is 324 g/mol. The molecule has 0 bridgehead atoms. The zero-order chi connectivity index (χ0) is 14.3. The quantitative estimate of drug-likeness (QED) is 0.416. The van der Waals surface area contributed by atoms with Crippen LogP contribution in [0.5, 0.6) is 0 Å². The van der Waals surface area contributed by atoms with Crippen molar-refractivity contribution in [2.24, 2.45) is 0 Å². The van der Waals surface area contributed by atoms with Crippen LogP contribution >= 0.6 is 39.3 Å². The van der Waals surface area contributed by atoms with Crippen LogP contribution in [0.1, 0.15) is 19.5 Å². The molecule has 0 fully saturated rings. The predicted octanol–water partition coefficient (Wildman–Crippen LogP) is 3.31. The van der Waals surface area contributed by atoms with E-state index >= 15 is 0 Å². The molecule has 1 heterocycles. The molecule has 0 aliphatic carbocycles. The van der Waals surface area contributed by atoms with Gasteiger partial charge >= 0.3 is 0 Å². The van der Waals surface area contributed by atoms with E-state index in [1.54, 1.807) is 6.20 Å². The van der Waals surface area contributed by atoms with E-state index in [1.165, 1.54) is 7.11 Å². The molecule has 0 atom stereocenters. The summed E-state index contributed by atoms with van der Waals surface area (Å²) in [7, 11) is 1.31. The third-order valence-corrected chi connectivity index (χ3v) is 1.62. The van der Waals surface area contributed by atoms with Gasteiger partial charge in [0.2, 0.25) is 0 Å². The summed E-state index contributed by atoms with van der Waals surface area (Å²) in [6.45, 7) is 6.25. The minimum atomic E-state index is 0.375. The highest BCUT2D eigenvalue weighted by Crippen LogP contribution is 2.13. The highest BCUT2D eigenvalue weighted by molar-refractivity contribution is 9.10. The fourth-order valence-electron chi connectivity index (χ4n) is 0.523. The number of nitrogens with two attached hydrogens (primary N) is 1. The molecular formula is C10H19BrN2O2S2. The van der Waals surface area contributed by atoms with Gasteiger partial charge in [0.25, 0.3) is 6.47 Å². The molecule has 4 nitrogen and oxygen atoms in total. The highest BCUT2D eigenvalue weighted by Gasteiger charge is 1.92. The van der Waals surface area contributed by atoms with Crippen molar-refractivity contribution in [2.45, 2.75) is 20.8 Å². The number of nitrogen functional groups attached to an aromatic ring is 1. The summed E-state index contributed by atoms with van der Waals surface area (Å²) in [5.74, 6) is 0. The summed E-state index contributed by atoms with van der Waals surface area (Å²) in [6, 6.07) is 1.84. The molecule has 0 spiro atoms. The van der Waals surface area contributed by atoms with E-state index < -0.39 is 0 Å². The Kier molecular flexibility index (Phi) is 23.1. The topological polar surface area (TPSA) is 65.2 Å². The number of thiol groups is 2. The lowest BCUT2D eigenvalue weighted by atomic mass is 10.3. The smallest absolute Gasteiger partial charge is 0.292 e.